The summed E-state index contributed by atoms with van der Waals surface area (Å²) >= 11 is 0. The molecule has 1 rings (SSSR count). The summed E-state index contributed by atoms with van der Waals surface area (Å²) < 4.78 is 4.69. The van der Waals surface area contributed by atoms with Crippen molar-refractivity contribution in [1.29, 1.82) is 0 Å². The van der Waals surface area contributed by atoms with E-state index >= 15 is 0 Å². The zero-order chi connectivity index (χ0) is 10.9. The van der Waals surface area contributed by atoms with Crippen molar-refractivity contribution in [3.63, 3.8) is 0 Å². The quantitative estimate of drug-likeness (QED) is 0.273. The molecule has 14 heavy (non-hydrogen) atoms. The summed E-state index contributed by atoms with van der Waals surface area (Å²) in [5, 5.41) is 46.4. The molecule has 0 spiro atoms. The molecule has 0 saturated carbocycles. The zero-order valence-electron chi connectivity index (χ0n) is 7.45. The summed E-state index contributed by atoms with van der Waals surface area (Å²) in [5.41, 5.74) is 3.04. The average Bonchev–Trinajstić information content (AvgIpc) is 2.20. The first-order valence-electron chi connectivity index (χ1n) is 4.20. The summed E-state index contributed by atoms with van der Waals surface area (Å²) in [6, 6.07) is 0. The van der Waals surface area contributed by atoms with Crippen LogP contribution in [-0.4, -0.2) is 68.9 Å². The molecule has 0 amide bonds. The van der Waals surface area contributed by atoms with E-state index in [-0.39, 0.29) is 0 Å². The number of hydrogen-bond donors (Lipinski definition) is 6. The third-order valence-corrected chi connectivity index (χ3v) is 2.45. The van der Waals surface area contributed by atoms with Gasteiger partial charge in [0.05, 0.1) is 6.61 Å². The summed E-state index contributed by atoms with van der Waals surface area (Å²) in [6.45, 7) is -1.04. The molecule has 1 fully saturated rings. The number of aliphatic hydroxyl groups excluding tert-OH is 4. The first kappa shape index (κ1) is 11.8. The molecular formula is C7H15NO6. The standard InChI is InChI=1S/C7H15NO6/c8-2-7(13)5(11)4(10)3(1-9)14-6(7)12/h3-6,9-13H,1-2,8H2. The van der Waals surface area contributed by atoms with Gasteiger partial charge in [-0.2, -0.15) is 0 Å². The fourth-order valence-electron chi connectivity index (χ4n) is 1.38. The molecule has 1 aliphatic rings. The Morgan fingerprint density at radius 1 is 1.29 bits per heavy atom. The van der Waals surface area contributed by atoms with Crippen molar-refractivity contribution in [2.24, 2.45) is 5.73 Å². The van der Waals surface area contributed by atoms with Crippen LogP contribution >= 0.6 is 0 Å². The number of ether oxygens (including phenoxy) is 1. The van der Waals surface area contributed by atoms with Crippen LogP contribution in [0.15, 0.2) is 0 Å². The lowest BCUT2D eigenvalue weighted by Crippen LogP contribution is -2.69. The third-order valence-electron chi connectivity index (χ3n) is 2.45. The minimum Gasteiger partial charge on any atom is -0.394 e. The lowest BCUT2D eigenvalue weighted by molar-refractivity contribution is -0.325. The molecular weight excluding hydrogens is 194 g/mol. The highest BCUT2D eigenvalue weighted by molar-refractivity contribution is 5.00. The third kappa shape index (κ3) is 1.63. The minimum absolute atomic E-state index is 0.468. The number of rotatable bonds is 2. The maximum absolute atomic E-state index is 9.61. The van der Waals surface area contributed by atoms with E-state index in [4.69, 9.17) is 15.6 Å². The summed E-state index contributed by atoms with van der Waals surface area (Å²) in [5.74, 6) is 0. The Hall–Kier alpha value is -0.280. The number of hydrogen-bond acceptors (Lipinski definition) is 7. The highest BCUT2D eigenvalue weighted by Gasteiger charge is 2.53. The van der Waals surface area contributed by atoms with Crippen LogP contribution in [0.4, 0.5) is 0 Å². The van der Waals surface area contributed by atoms with Crippen molar-refractivity contribution < 1.29 is 30.3 Å². The van der Waals surface area contributed by atoms with Gasteiger partial charge in [-0.15, -0.1) is 0 Å². The van der Waals surface area contributed by atoms with Crippen LogP contribution in [0.2, 0.25) is 0 Å². The molecule has 0 aromatic heterocycles. The highest BCUT2D eigenvalue weighted by Crippen LogP contribution is 2.27. The van der Waals surface area contributed by atoms with Crippen molar-refractivity contribution in [3.05, 3.63) is 0 Å². The Labute approximate surface area is 80.3 Å². The van der Waals surface area contributed by atoms with Gasteiger partial charge in [-0.3, -0.25) is 0 Å². The molecule has 0 radical (unpaired) electrons. The van der Waals surface area contributed by atoms with Crippen molar-refractivity contribution in [1.82, 2.24) is 0 Å². The van der Waals surface area contributed by atoms with Gasteiger partial charge < -0.3 is 36.0 Å². The molecule has 84 valence electrons. The van der Waals surface area contributed by atoms with Crippen LogP contribution in [-0.2, 0) is 4.74 Å². The maximum Gasteiger partial charge on any atom is 0.188 e. The molecule has 0 aromatic rings. The Morgan fingerprint density at radius 2 is 1.86 bits per heavy atom. The summed E-state index contributed by atoms with van der Waals surface area (Å²) in [6.07, 6.45) is -6.01. The predicted octanol–water partition coefficient (Wildman–Crippen LogP) is -3.89. The van der Waals surface area contributed by atoms with Crippen LogP contribution in [0.1, 0.15) is 0 Å². The van der Waals surface area contributed by atoms with E-state index in [0.29, 0.717) is 0 Å². The molecule has 7 heteroatoms. The van der Waals surface area contributed by atoms with Crippen LogP contribution in [0.3, 0.4) is 0 Å². The molecule has 5 atom stereocenters. The molecule has 1 aliphatic heterocycles. The van der Waals surface area contributed by atoms with Gasteiger partial charge in [-0.05, 0) is 0 Å². The zero-order valence-corrected chi connectivity index (χ0v) is 7.45. The van der Waals surface area contributed by atoms with Gasteiger partial charge in [0.2, 0.25) is 0 Å². The second kappa shape index (κ2) is 4.07. The Bertz CT molecular complexity index is 203. The van der Waals surface area contributed by atoms with E-state index in [2.05, 4.69) is 0 Å². The first-order valence-corrected chi connectivity index (χ1v) is 4.20. The second-order valence-electron chi connectivity index (χ2n) is 3.34. The molecule has 7 nitrogen and oxygen atoms in total. The average molecular weight is 209 g/mol. The number of nitrogens with two attached hydrogens (primary N) is 1. The Kier molecular flexibility index (Phi) is 3.43. The van der Waals surface area contributed by atoms with Gasteiger partial charge >= 0.3 is 0 Å². The molecule has 0 aromatic carbocycles. The minimum atomic E-state index is -2.11. The summed E-state index contributed by atoms with van der Waals surface area (Å²) in [4.78, 5) is 0. The van der Waals surface area contributed by atoms with Crippen LogP contribution in [0.5, 0.6) is 0 Å². The Balaban J connectivity index is 2.84. The van der Waals surface area contributed by atoms with E-state index in [9.17, 15) is 20.4 Å². The molecule has 5 unspecified atom stereocenters. The smallest absolute Gasteiger partial charge is 0.188 e. The fourth-order valence-corrected chi connectivity index (χ4v) is 1.38. The largest absolute Gasteiger partial charge is 0.394 e. The maximum atomic E-state index is 9.61. The number of aliphatic hydroxyl groups is 5. The van der Waals surface area contributed by atoms with Crippen molar-refractivity contribution in [2.75, 3.05) is 13.2 Å². The fraction of sp³-hybridized carbons (Fsp3) is 1.00. The van der Waals surface area contributed by atoms with Crippen LogP contribution < -0.4 is 5.73 Å². The lowest BCUT2D eigenvalue weighted by Gasteiger charge is -2.45. The molecule has 7 N–H and O–H groups in total. The van der Waals surface area contributed by atoms with E-state index in [1.807, 2.05) is 0 Å². The van der Waals surface area contributed by atoms with E-state index in [1.54, 1.807) is 0 Å². The molecule has 0 bridgehead atoms. The van der Waals surface area contributed by atoms with Gasteiger partial charge in [0.15, 0.2) is 11.9 Å². The monoisotopic (exact) mass is 209 g/mol. The second-order valence-corrected chi connectivity index (χ2v) is 3.34. The first-order chi connectivity index (χ1) is 6.47. The lowest BCUT2D eigenvalue weighted by atomic mass is 9.87. The normalized spacial score (nSPS) is 49.3. The van der Waals surface area contributed by atoms with Gasteiger partial charge in [0.1, 0.15) is 18.3 Å². The van der Waals surface area contributed by atoms with E-state index in [1.165, 1.54) is 0 Å². The predicted molar refractivity (Wildman–Crippen MR) is 44.0 cm³/mol. The van der Waals surface area contributed by atoms with Gasteiger partial charge in [-0.1, -0.05) is 0 Å². The van der Waals surface area contributed by atoms with Crippen molar-refractivity contribution in [3.8, 4) is 0 Å². The highest BCUT2D eigenvalue weighted by atomic mass is 16.6. The topological polar surface area (TPSA) is 136 Å². The van der Waals surface area contributed by atoms with Gasteiger partial charge in [0.25, 0.3) is 0 Å². The van der Waals surface area contributed by atoms with Crippen molar-refractivity contribution >= 4 is 0 Å². The van der Waals surface area contributed by atoms with E-state index < -0.39 is 43.4 Å². The van der Waals surface area contributed by atoms with Crippen molar-refractivity contribution in [2.45, 2.75) is 30.2 Å². The Morgan fingerprint density at radius 3 is 2.29 bits per heavy atom. The molecule has 0 aliphatic carbocycles. The SMILES string of the molecule is NCC1(O)C(O)OC(CO)C(O)C1O. The van der Waals surface area contributed by atoms with Crippen LogP contribution in [0.25, 0.3) is 0 Å². The molecule has 1 saturated heterocycles. The van der Waals surface area contributed by atoms with Gasteiger partial charge in [-0.25, -0.2) is 0 Å². The molecule has 1 heterocycles. The van der Waals surface area contributed by atoms with E-state index in [0.717, 1.165) is 0 Å². The summed E-state index contributed by atoms with van der Waals surface area (Å²) in [7, 11) is 0. The van der Waals surface area contributed by atoms with Gasteiger partial charge in [0, 0.05) is 6.54 Å². The van der Waals surface area contributed by atoms with Crippen LogP contribution in [0, 0.1) is 0 Å².